The van der Waals surface area contributed by atoms with Crippen molar-refractivity contribution < 1.29 is 14.3 Å². The van der Waals surface area contributed by atoms with E-state index in [-0.39, 0.29) is 0 Å². The Hall–Kier alpha value is -2.52. The van der Waals surface area contributed by atoms with Crippen molar-refractivity contribution in [1.29, 1.82) is 0 Å². The fraction of sp³-hybridized carbons (Fsp3) is 0.0556. The maximum atomic E-state index is 12.3. The van der Waals surface area contributed by atoms with Gasteiger partial charge in [0, 0.05) is 15.8 Å². The third-order valence-corrected chi connectivity index (χ3v) is 3.67. The summed E-state index contributed by atoms with van der Waals surface area (Å²) in [6, 6.07) is 17.8. The van der Waals surface area contributed by atoms with Crippen molar-refractivity contribution in [3.8, 4) is 11.5 Å². The van der Waals surface area contributed by atoms with Gasteiger partial charge in [-0.15, -0.1) is 0 Å². The molecule has 3 aromatic rings. The van der Waals surface area contributed by atoms with Crippen LogP contribution in [0.3, 0.4) is 0 Å². The molecule has 0 N–H and O–H groups in total. The molecule has 4 heteroatoms. The predicted octanol–water partition coefficient (Wildman–Crippen LogP) is 4.72. The SMILES string of the molecule is COc1cccc(C(=O)Oc2ccc(Cl)c3ccccc23)c1. The summed E-state index contributed by atoms with van der Waals surface area (Å²) in [5.41, 5.74) is 0.429. The van der Waals surface area contributed by atoms with Gasteiger partial charge in [0.15, 0.2) is 0 Å². The van der Waals surface area contributed by atoms with E-state index >= 15 is 0 Å². The van der Waals surface area contributed by atoms with Crippen molar-refractivity contribution in [2.24, 2.45) is 0 Å². The minimum atomic E-state index is -0.439. The van der Waals surface area contributed by atoms with E-state index in [2.05, 4.69) is 0 Å². The molecular formula is C18H13ClO3. The Kier molecular flexibility index (Phi) is 3.98. The van der Waals surface area contributed by atoms with Crippen LogP contribution in [0.25, 0.3) is 10.8 Å². The predicted molar refractivity (Wildman–Crippen MR) is 86.9 cm³/mol. The van der Waals surface area contributed by atoms with Gasteiger partial charge in [0.05, 0.1) is 12.7 Å². The molecule has 0 saturated heterocycles. The summed E-state index contributed by atoms with van der Waals surface area (Å²) in [6.45, 7) is 0. The number of rotatable bonds is 3. The number of hydrogen-bond donors (Lipinski definition) is 0. The molecule has 0 fully saturated rings. The van der Waals surface area contributed by atoms with E-state index in [4.69, 9.17) is 21.1 Å². The van der Waals surface area contributed by atoms with Gasteiger partial charge in [-0.2, -0.15) is 0 Å². The van der Waals surface area contributed by atoms with E-state index in [1.54, 1.807) is 43.5 Å². The highest BCUT2D eigenvalue weighted by molar-refractivity contribution is 6.35. The molecule has 0 spiro atoms. The molecule has 0 bridgehead atoms. The largest absolute Gasteiger partial charge is 0.497 e. The lowest BCUT2D eigenvalue weighted by molar-refractivity contribution is 0.0736. The zero-order valence-electron chi connectivity index (χ0n) is 11.9. The number of methoxy groups -OCH3 is 1. The van der Waals surface area contributed by atoms with Gasteiger partial charge in [0.1, 0.15) is 11.5 Å². The zero-order valence-corrected chi connectivity index (χ0v) is 12.6. The monoisotopic (exact) mass is 312 g/mol. The molecule has 3 rings (SSSR count). The van der Waals surface area contributed by atoms with E-state index in [9.17, 15) is 4.79 Å². The Labute approximate surface area is 133 Å². The van der Waals surface area contributed by atoms with E-state index in [1.165, 1.54) is 0 Å². The van der Waals surface area contributed by atoms with Crippen LogP contribution >= 0.6 is 11.6 Å². The van der Waals surface area contributed by atoms with Crippen LogP contribution in [0.5, 0.6) is 11.5 Å². The summed E-state index contributed by atoms with van der Waals surface area (Å²) < 4.78 is 10.6. The van der Waals surface area contributed by atoms with Crippen LogP contribution in [0.4, 0.5) is 0 Å². The number of esters is 1. The molecule has 0 saturated carbocycles. The van der Waals surface area contributed by atoms with Gasteiger partial charge >= 0.3 is 5.97 Å². The molecule has 0 aliphatic heterocycles. The molecule has 0 unspecified atom stereocenters. The lowest BCUT2D eigenvalue weighted by Gasteiger charge is -2.09. The summed E-state index contributed by atoms with van der Waals surface area (Å²) in [7, 11) is 1.55. The van der Waals surface area contributed by atoms with Crippen LogP contribution in [-0.2, 0) is 0 Å². The molecule has 110 valence electrons. The van der Waals surface area contributed by atoms with Crippen molar-refractivity contribution >= 4 is 28.3 Å². The van der Waals surface area contributed by atoms with E-state index in [1.807, 2.05) is 24.3 Å². The minimum absolute atomic E-state index is 0.429. The molecule has 0 atom stereocenters. The van der Waals surface area contributed by atoms with Gasteiger partial charge in [0.2, 0.25) is 0 Å². The first kappa shape index (κ1) is 14.4. The normalized spacial score (nSPS) is 10.5. The summed E-state index contributed by atoms with van der Waals surface area (Å²) in [6.07, 6.45) is 0. The maximum absolute atomic E-state index is 12.3. The Bertz CT molecular complexity index is 843. The van der Waals surface area contributed by atoms with Crippen LogP contribution in [0.1, 0.15) is 10.4 Å². The summed E-state index contributed by atoms with van der Waals surface area (Å²) in [5.74, 6) is 0.648. The number of halogens is 1. The van der Waals surface area contributed by atoms with Crippen molar-refractivity contribution in [1.82, 2.24) is 0 Å². The van der Waals surface area contributed by atoms with Crippen LogP contribution in [0, 0.1) is 0 Å². The van der Waals surface area contributed by atoms with Crippen molar-refractivity contribution in [3.05, 3.63) is 71.2 Å². The number of carbonyl (C=O) groups is 1. The lowest BCUT2D eigenvalue weighted by Crippen LogP contribution is -2.08. The van der Waals surface area contributed by atoms with Crippen molar-refractivity contribution in [2.45, 2.75) is 0 Å². The summed E-state index contributed by atoms with van der Waals surface area (Å²) in [4.78, 5) is 12.3. The van der Waals surface area contributed by atoms with Gasteiger partial charge < -0.3 is 9.47 Å². The number of fused-ring (bicyclic) bond motifs is 1. The van der Waals surface area contributed by atoms with Crippen molar-refractivity contribution in [3.63, 3.8) is 0 Å². The van der Waals surface area contributed by atoms with Gasteiger partial charge in [-0.3, -0.25) is 0 Å². The molecule has 0 amide bonds. The fourth-order valence-electron chi connectivity index (χ4n) is 2.23. The number of hydrogen-bond acceptors (Lipinski definition) is 3. The number of ether oxygens (including phenoxy) is 2. The minimum Gasteiger partial charge on any atom is -0.497 e. The third-order valence-electron chi connectivity index (χ3n) is 3.34. The van der Waals surface area contributed by atoms with E-state index in [0.717, 1.165) is 10.8 Å². The second-order valence-electron chi connectivity index (χ2n) is 4.71. The van der Waals surface area contributed by atoms with Crippen molar-refractivity contribution in [2.75, 3.05) is 7.11 Å². The zero-order chi connectivity index (χ0) is 15.5. The van der Waals surface area contributed by atoms with E-state index < -0.39 is 5.97 Å². The molecule has 0 heterocycles. The first-order valence-electron chi connectivity index (χ1n) is 6.72. The van der Waals surface area contributed by atoms with Gasteiger partial charge in [-0.05, 0) is 30.3 Å². The smallest absolute Gasteiger partial charge is 0.343 e. The summed E-state index contributed by atoms with van der Waals surface area (Å²) in [5, 5.41) is 2.27. The van der Waals surface area contributed by atoms with Gasteiger partial charge in [-0.25, -0.2) is 4.79 Å². The van der Waals surface area contributed by atoms with Crippen LogP contribution in [0.2, 0.25) is 5.02 Å². The number of benzene rings is 3. The Balaban J connectivity index is 1.96. The van der Waals surface area contributed by atoms with Crippen LogP contribution in [0.15, 0.2) is 60.7 Å². The van der Waals surface area contributed by atoms with Crippen LogP contribution in [-0.4, -0.2) is 13.1 Å². The number of carbonyl (C=O) groups excluding carboxylic acids is 1. The van der Waals surface area contributed by atoms with E-state index in [0.29, 0.717) is 22.1 Å². The Morgan fingerprint density at radius 3 is 2.50 bits per heavy atom. The molecular weight excluding hydrogens is 300 g/mol. The molecule has 0 aliphatic rings. The molecule has 0 aromatic heterocycles. The first-order valence-corrected chi connectivity index (χ1v) is 7.10. The molecule has 3 aromatic carbocycles. The molecule has 3 nitrogen and oxygen atoms in total. The molecule has 0 radical (unpaired) electrons. The molecule has 0 aliphatic carbocycles. The van der Waals surface area contributed by atoms with Gasteiger partial charge in [-0.1, -0.05) is 41.9 Å². The Morgan fingerprint density at radius 2 is 1.73 bits per heavy atom. The average Bonchev–Trinajstić information content (AvgIpc) is 2.57. The average molecular weight is 313 g/mol. The fourth-order valence-corrected chi connectivity index (χ4v) is 2.46. The highest BCUT2D eigenvalue weighted by Crippen LogP contribution is 2.31. The topological polar surface area (TPSA) is 35.5 Å². The highest BCUT2D eigenvalue weighted by atomic mass is 35.5. The third kappa shape index (κ3) is 2.76. The quantitative estimate of drug-likeness (QED) is 0.518. The standard InChI is InChI=1S/C18H13ClO3/c1-21-13-6-4-5-12(11-13)18(20)22-17-10-9-16(19)14-7-2-3-8-15(14)17/h2-11H,1H3. The second kappa shape index (κ2) is 6.08. The lowest BCUT2D eigenvalue weighted by atomic mass is 10.1. The highest BCUT2D eigenvalue weighted by Gasteiger charge is 2.12. The second-order valence-corrected chi connectivity index (χ2v) is 5.12. The maximum Gasteiger partial charge on any atom is 0.343 e. The first-order chi connectivity index (χ1) is 10.7. The Morgan fingerprint density at radius 1 is 0.955 bits per heavy atom. The summed E-state index contributed by atoms with van der Waals surface area (Å²) >= 11 is 6.17. The van der Waals surface area contributed by atoms with Gasteiger partial charge in [0.25, 0.3) is 0 Å². The molecule has 22 heavy (non-hydrogen) atoms. The van der Waals surface area contributed by atoms with Crippen LogP contribution < -0.4 is 9.47 Å².